The molecule has 20 heavy (non-hydrogen) atoms. The molecule has 0 atom stereocenters. The van der Waals surface area contributed by atoms with E-state index in [1.165, 1.54) is 0 Å². The Kier molecular flexibility index (Phi) is 4.25. The molecule has 0 spiro atoms. The van der Waals surface area contributed by atoms with Crippen molar-refractivity contribution in [3.05, 3.63) is 53.6 Å². The first kappa shape index (κ1) is 13.9. The summed E-state index contributed by atoms with van der Waals surface area (Å²) in [6.45, 7) is 4.22. The van der Waals surface area contributed by atoms with Crippen molar-refractivity contribution in [3.63, 3.8) is 0 Å². The number of para-hydroxylation sites is 1. The van der Waals surface area contributed by atoms with E-state index >= 15 is 0 Å². The number of phenolic OH excluding ortho intramolecular Hbond substituents is 1. The Hall–Kier alpha value is -2.49. The summed E-state index contributed by atoms with van der Waals surface area (Å²) in [5, 5.41) is 12.5. The van der Waals surface area contributed by atoms with Crippen LogP contribution in [0.15, 0.2) is 42.5 Å². The summed E-state index contributed by atoms with van der Waals surface area (Å²) in [7, 11) is 0. The van der Waals surface area contributed by atoms with Crippen molar-refractivity contribution in [1.29, 1.82) is 0 Å². The molecule has 0 radical (unpaired) electrons. The maximum Gasteiger partial charge on any atom is 0.259 e. The average Bonchev–Trinajstić information content (AvgIpc) is 2.43. The van der Waals surface area contributed by atoms with Crippen molar-refractivity contribution in [3.8, 4) is 11.5 Å². The number of phenols is 1. The monoisotopic (exact) mass is 271 g/mol. The van der Waals surface area contributed by atoms with Crippen molar-refractivity contribution in [2.45, 2.75) is 13.8 Å². The van der Waals surface area contributed by atoms with E-state index in [0.29, 0.717) is 23.6 Å². The van der Waals surface area contributed by atoms with Gasteiger partial charge in [-0.1, -0.05) is 18.2 Å². The first-order chi connectivity index (χ1) is 9.61. The summed E-state index contributed by atoms with van der Waals surface area (Å²) in [6.07, 6.45) is 0. The first-order valence-electron chi connectivity index (χ1n) is 6.44. The number of aryl methyl sites for hydroxylation is 1. The van der Waals surface area contributed by atoms with Gasteiger partial charge in [-0.15, -0.1) is 0 Å². The Bertz CT molecular complexity index is 623. The van der Waals surface area contributed by atoms with Gasteiger partial charge in [0.1, 0.15) is 11.5 Å². The van der Waals surface area contributed by atoms with Gasteiger partial charge in [0, 0.05) is 0 Å². The maximum absolute atomic E-state index is 12.2. The summed E-state index contributed by atoms with van der Waals surface area (Å²) in [5.41, 5.74) is 1.75. The fraction of sp³-hybridized carbons (Fsp3) is 0.188. The van der Waals surface area contributed by atoms with Crippen LogP contribution in [-0.2, 0) is 0 Å². The van der Waals surface area contributed by atoms with E-state index < -0.39 is 0 Å². The van der Waals surface area contributed by atoms with Gasteiger partial charge in [0.2, 0.25) is 0 Å². The van der Waals surface area contributed by atoms with Gasteiger partial charge in [-0.25, -0.2) is 0 Å². The number of nitrogens with one attached hydrogen (secondary N) is 1. The number of carbonyl (C=O) groups excluding carboxylic acids is 1. The number of rotatable bonds is 4. The number of hydrogen-bond acceptors (Lipinski definition) is 3. The van der Waals surface area contributed by atoms with E-state index in [9.17, 15) is 9.90 Å². The molecule has 2 rings (SSSR count). The molecule has 0 fully saturated rings. The van der Waals surface area contributed by atoms with E-state index in [1.54, 1.807) is 30.3 Å². The highest BCUT2D eigenvalue weighted by molar-refractivity contribution is 6.06. The lowest BCUT2D eigenvalue weighted by atomic mass is 10.1. The van der Waals surface area contributed by atoms with Gasteiger partial charge in [-0.3, -0.25) is 4.79 Å². The maximum atomic E-state index is 12.2. The van der Waals surface area contributed by atoms with Gasteiger partial charge in [0.15, 0.2) is 0 Å². The standard InChI is InChI=1S/C16H17NO3/c1-3-20-15-7-5-4-6-12(15)16(19)17-13-9-8-11(2)10-14(13)18/h4-10,18H,3H2,1-2H3,(H,17,19). The van der Waals surface area contributed by atoms with Crippen molar-refractivity contribution in [2.75, 3.05) is 11.9 Å². The number of benzene rings is 2. The zero-order chi connectivity index (χ0) is 14.5. The van der Waals surface area contributed by atoms with E-state index in [4.69, 9.17) is 4.74 Å². The zero-order valence-electron chi connectivity index (χ0n) is 11.5. The number of carbonyl (C=O) groups is 1. The molecular formula is C16H17NO3. The molecule has 1 amide bonds. The summed E-state index contributed by atoms with van der Waals surface area (Å²) in [6, 6.07) is 12.1. The number of amides is 1. The molecule has 4 nitrogen and oxygen atoms in total. The summed E-state index contributed by atoms with van der Waals surface area (Å²) in [5.74, 6) is 0.263. The third kappa shape index (κ3) is 3.09. The Morgan fingerprint density at radius 3 is 2.70 bits per heavy atom. The predicted octanol–water partition coefficient (Wildman–Crippen LogP) is 3.35. The van der Waals surface area contributed by atoms with Gasteiger partial charge in [0.25, 0.3) is 5.91 Å². The van der Waals surface area contributed by atoms with E-state index in [-0.39, 0.29) is 11.7 Å². The molecule has 0 aliphatic heterocycles. The molecule has 4 heteroatoms. The smallest absolute Gasteiger partial charge is 0.259 e. The molecule has 2 N–H and O–H groups in total. The van der Waals surface area contributed by atoms with Crippen molar-refractivity contribution >= 4 is 11.6 Å². The number of anilines is 1. The summed E-state index contributed by atoms with van der Waals surface area (Å²) in [4.78, 5) is 12.2. The minimum Gasteiger partial charge on any atom is -0.506 e. The SMILES string of the molecule is CCOc1ccccc1C(=O)Nc1ccc(C)cc1O. The number of ether oxygens (including phenoxy) is 1. The van der Waals surface area contributed by atoms with Gasteiger partial charge in [-0.2, -0.15) is 0 Å². The van der Waals surface area contributed by atoms with Crippen LogP contribution < -0.4 is 10.1 Å². The molecule has 0 heterocycles. The summed E-state index contributed by atoms with van der Waals surface area (Å²) >= 11 is 0. The lowest BCUT2D eigenvalue weighted by Crippen LogP contribution is -2.13. The van der Waals surface area contributed by atoms with Crippen LogP contribution in [0.3, 0.4) is 0 Å². The molecule has 0 saturated carbocycles. The van der Waals surface area contributed by atoms with Crippen LogP contribution in [0, 0.1) is 6.92 Å². The largest absolute Gasteiger partial charge is 0.506 e. The average molecular weight is 271 g/mol. The Morgan fingerprint density at radius 2 is 2.00 bits per heavy atom. The Labute approximate surface area is 118 Å². The second-order valence-electron chi connectivity index (χ2n) is 4.40. The van der Waals surface area contributed by atoms with Gasteiger partial charge >= 0.3 is 0 Å². The lowest BCUT2D eigenvalue weighted by molar-refractivity contribution is 0.102. The van der Waals surface area contributed by atoms with Crippen LogP contribution in [-0.4, -0.2) is 17.6 Å². The number of hydrogen-bond donors (Lipinski definition) is 2. The van der Waals surface area contributed by atoms with Crippen molar-refractivity contribution in [1.82, 2.24) is 0 Å². The highest BCUT2D eigenvalue weighted by Gasteiger charge is 2.13. The third-order valence-electron chi connectivity index (χ3n) is 2.83. The molecule has 0 saturated heterocycles. The third-order valence-corrected chi connectivity index (χ3v) is 2.83. The molecule has 0 aliphatic rings. The highest BCUT2D eigenvalue weighted by Crippen LogP contribution is 2.26. The zero-order valence-corrected chi connectivity index (χ0v) is 11.5. The molecule has 0 aliphatic carbocycles. The topological polar surface area (TPSA) is 58.6 Å². The Balaban J connectivity index is 2.24. The van der Waals surface area contributed by atoms with Gasteiger partial charge in [0.05, 0.1) is 17.9 Å². The predicted molar refractivity (Wildman–Crippen MR) is 78.4 cm³/mol. The molecule has 0 unspecified atom stereocenters. The normalized spacial score (nSPS) is 10.1. The van der Waals surface area contributed by atoms with Crippen LogP contribution in [0.4, 0.5) is 5.69 Å². The summed E-state index contributed by atoms with van der Waals surface area (Å²) < 4.78 is 5.42. The van der Waals surface area contributed by atoms with E-state index in [0.717, 1.165) is 5.56 Å². The van der Waals surface area contributed by atoms with Gasteiger partial charge < -0.3 is 15.2 Å². The van der Waals surface area contributed by atoms with Crippen LogP contribution in [0.1, 0.15) is 22.8 Å². The van der Waals surface area contributed by atoms with Crippen LogP contribution in [0.25, 0.3) is 0 Å². The molecule has 0 aromatic heterocycles. The lowest BCUT2D eigenvalue weighted by Gasteiger charge is -2.11. The van der Waals surface area contributed by atoms with Crippen LogP contribution in [0.5, 0.6) is 11.5 Å². The second kappa shape index (κ2) is 6.10. The molecule has 2 aromatic rings. The minimum atomic E-state index is -0.312. The van der Waals surface area contributed by atoms with Gasteiger partial charge in [-0.05, 0) is 43.7 Å². The molecule has 104 valence electrons. The Morgan fingerprint density at radius 1 is 1.25 bits per heavy atom. The molecule has 0 bridgehead atoms. The minimum absolute atomic E-state index is 0.0484. The highest BCUT2D eigenvalue weighted by atomic mass is 16.5. The fourth-order valence-corrected chi connectivity index (χ4v) is 1.87. The first-order valence-corrected chi connectivity index (χ1v) is 6.44. The van der Waals surface area contributed by atoms with E-state index in [2.05, 4.69) is 5.32 Å². The van der Waals surface area contributed by atoms with Crippen LogP contribution >= 0.6 is 0 Å². The van der Waals surface area contributed by atoms with Crippen LogP contribution in [0.2, 0.25) is 0 Å². The quantitative estimate of drug-likeness (QED) is 0.838. The second-order valence-corrected chi connectivity index (χ2v) is 4.40. The van der Waals surface area contributed by atoms with Crippen molar-refractivity contribution in [2.24, 2.45) is 0 Å². The van der Waals surface area contributed by atoms with Crippen molar-refractivity contribution < 1.29 is 14.6 Å². The number of aromatic hydroxyl groups is 1. The molecule has 2 aromatic carbocycles. The van der Waals surface area contributed by atoms with E-state index in [1.807, 2.05) is 26.0 Å². The fourth-order valence-electron chi connectivity index (χ4n) is 1.87. The molecular weight excluding hydrogens is 254 g/mol.